The lowest BCUT2D eigenvalue weighted by atomic mass is 10.0. The lowest BCUT2D eigenvalue weighted by molar-refractivity contribution is -0.138. The highest BCUT2D eigenvalue weighted by atomic mass is 16.4. The Hall–Kier alpha value is -2.57. The summed E-state index contributed by atoms with van der Waals surface area (Å²) in [5.74, 6) is -3.27. The number of anilines is 1. The summed E-state index contributed by atoms with van der Waals surface area (Å²) in [7, 11) is 0. The molecule has 0 bridgehead atoms. The molecule has 0 aliphatic rings. The second-order valence-electron chi connectivity index (χ2n) is 4.67. The molecule has 3 N–H and O–H groups in total. The zero-order valence-corrected chi connectivity index (χ0v) is 11.6. The van der Waals surface area contributed by atoms with Crippen LogP contribution in [-0.4, -0.2) is 46.3 Å². The molecule has 21 heavy (non-hydrogen) atoms. The predicted octanol–water partition coefficient (Wildman–Crippen LogP) is 0.988. The highest BCUT2D eigenvalue weighted by molar-refractivity contribution is 5.80. The summed E-state index contributed by atoms with van der Waals surface area (Å²) in [6, 6.07) is 5.10. The summed E-state index contributed by atoms with van der Waals surface area (Å²) in [6.07, 6.45) is 0.104. The van der Waals surface area contributed by atoms with Gasteiger partial charge in [0, 0.05) is 12.1 Å². The summed E-state index contributed by atoms with van der Waals surface area (Å²) in [5.41, 5.74) is 1.95. The third-order valence-electron chi connectivity index (χ3n) is 2.84. The maximum Gasteiger partial charge on any atom is 0.323 e. The molecular formula is C14H17NO6. The van der Waals surface area contributed by atoms with E-state index in [1.165, 1.54) is 4.90 Å². The monoisotopic (exact) mass is 295 g/mol. The molecule has 0 aliphatic heterocycles. The fourth-order valence-corrected chi connectivity index (χ4v) is 2.02. The first kappa shape index (κ1) is 16.5. The van der Waals surface area contributed by atoms with Crippen molar-refractivity contribution in [2.45, 2.75) is 19.8 Å². The van der Waals surface area contributed by atoms with Gasteiger partial charge in [-0.3, -0.25) is 14.4 Å². The van der Waals surface area contributed by atoms with Crippen LogP contribution in [0.25, 0.3) is 0 Å². The van der Waals surface area contributed by atoms with Gasteiger partial charge in [-0.05, 0) is 25.0 Å². The topological polar surface area (TPSA) is 115 Å². The lowest BCUT2D eigenvalue weighted by Crippen LogP contribution is -2.35. The Morgan fingerprint density at radius 3 is 2.05 bits per heavy atom. The minimum Gasteiger partial charge on any atom is -0.481 e. The number of hydrogen-bond donors (Lipinski definition) is 3. The van der Waals surface area contributed by atoms with E-state index < -0.39 is 31.0 Å². The molecule has 1 aromatic carbocycles. The molecule has 1 aromatic rings. The van der Waals surface area contributed by atoms with Crippen LogP contribution in [-0.2, 0) is 20.8 Å². The number of rotatable bonds is 8. The first-order chi connectivity index (χ1) is 9.79. The van der Waals surface area contributed by atoms with E-state index in [9.17, 15) is 14.4 Å². The maximum absolute atomic E-state index is 10.9. The maximum atomic E-state index is 10.9. The smallest absolute Gasteiger partial charge is 0.323 e. The van der Waals surface area contributed by atoms with E-state index >= 15 is 0 Å². The van der Waals surface area contributed by atoms with E-state index in [0.717, 1.165) is 5.56 Å². The van der Waals surface area contributed by atoms with Crippen molar-refractivity contribution in [3.63, 3.8) is 0 Å². The van der Waals surface area contributed by atoms with Crippen LogP contribution in [0.15, 0.2) is 18.2 Å². The van der Waals surface area contributed by atoms with E-state index in [2.05, 4.69) is 0 Å². The molecule has 0 saturated heterocycles. The zero-order chi connectivity index (χ0) is 16.0. The van der Waals surface area contributed by atoms with Crippen molar-refractivity contribution in [2.24, 2.45) is 0 Å². The van der Waals surface area contributed by atoms with Crippen molar-refractivity contribution in [1.29, 1.82) is 0 Å². The highest BCUT2D eigenvalue weighted by Crippen LogP contribution is 2.23. The molecule has 0 unspecified atom stereocenters. The van der Waals surface area contributed by atoms with Gasteiger partial charge in [0.2, 0.25) is 0 Å². The van der Waals surface area contributed by atoms with Crippen LogP contribution in [0.5, 0.6) is 0 Å². The van der Waals surface area contributed by atoms with Gasteiger partial charge >= 0.3 is 17.9 Å². The fourth-order valence-electron chi connectivity index (χ4n) is 2.02. The van der Waals surface area contributed by atoms with Crippen LogP contribution in [0.4, 0.5) is 5.69 Å². The van der Waals surface area contributed by atoms with Crippen LogP contribution in [0.2, 0.25) is 0 Å². The molecule has 7 heteroatoms. The minimum atomic E-state index is -1.15. The standard InChI is InChI=1S/C14H17NO6/c1-9-2-4-11(10(6-9)3-5-12(16)17)15(7-13(18)19)8-14(20)21/h2,4,6H,3,5,7-8H2,1H3,(H,16,17)(H,18,19)(H,20,21). The molecular weight excluding hydrogens is 278 g/mol. The zero-order valence-electron chi connectivity index (χ0n) is 11.6. The number of nitrogens with zero attached hydrogens (tertiary/aromatic N) is 1. The normalized spacial score (nSPS) is 10.1. The first-order valence-corrected chi connectivity index (χ1v) is 6.29. The van der Waals surface area contributed by atoms with E-state index in [4.69, 9.17) is 15.3 Å². The molecule has 0 atom stereocenters. The van der Waals surface area contributed by atoms with Gasteiger partial charge in [-0.15, -0.1) is 0 Å². The second kappa shape index (κ2) is 7.28. The Labute approximate surface area is 121 Å². The summed E-state index contributed by atoms with van der Waals surface area (Å²) in [4.78, 5) is 33.7. The van der Waals surface area contributed by atoms with E-state index in [1.54, 1.807) is 18.2 Å². The van der Waals surface area contributed by atoms with Crippen LogP contribution < -0.4 is 4.90 Å². The molecule has 114 valence electrons. The van der Waals surface area contributed by atoms with Crippen molar-refractivity contribution < 1.29 is 29.7 Å². The molecule has 0 heterocycles. The number of hydrogen-bond acceptors (Lipinski definition) is 4. The Balaban J connectivity index is 3.12. The summed E-state index contributed by atoms with van der Waals surface area (Å²) >= 11 is 0. The van der Waals surface area contributed by atoms with E-state index in [0.29, 0.717) is 11.3 Å². The van der Waals surface area contributed by atoms with Gasteiger partial charge in [0.15, 0.2) is 0 Å². The van der Waals surface area contributed by atoms with E-state index in [-0.39, 0.29) is 12.8 Å². The molecule has 0 radical (unpaired) electrons. The van der Waals surface area contributed by atoms with Crippen LogP contribution >= 0.6 is 0 Å². The predicted molar refractivity (Wildman–Crippen MR) is 74.6 cm³/mol. The van der Waals surface area contributed by atoms with Gasteiger partial charge in [0.1, 0.15) is 13.1 Å². The van der Waals surface area contributed by atoms with Gasteiger partial charge in [-0.1, -0.05) is 17.7 Å². The van der Waals surface area contributed by atoms with E-state index in [1.807, 2.05) is 6.92 Å². The minimum absolute atomic E-state index is 0.107. The molecule has 0 amide bonds. The Kier molecular flexibility index (Phi) is 5.71. The van der Waals surface area contributed by atoms with Crippen molar-refractivity contribution in [3.05, 3.63) is 29.3 Å². The Morgan fingerprint density at radius 1 is 1.00 bits per heavy atom. The van der Waals surface area contributed by atoms with Gasteiger partial charge in [0.25, 0.3) is 0 Å². The van der Waals surface area contributed by atoms with Crippen molar-refractivity contribution >= 4 is 23.6 Å². The Morgan fingerprint density at radius 2 is 1.57 bits per heavy atom. The lowest BCUT2D eigenvalue weighted by Gasteiger charge is -2.24. The summed E-state index contributed by atoms with van der Waals surface area (Å²) < 4.78 is 0. The third-order valence-corrected chi connectivity index (χ3v) is 2.84. The number of carbonyl (C=O) groups is 3. The molecule has 0 saturated carbocycles. The molecule has 0 fully saturated rings. The molecule has 0 aromatic heterocycles. The molecule has 1 rings (SSSR count). The fraction of sp³-hybridized carbons (Fsp3) is 0.357. The van der Waals surface area contributed by atoms with Gasteiger partial charge in [-0.25, -0.2) is 0 Å². The van der Waals surface area contributed by atoms with Crippen molar-refractivity contribution in [2.75, 3.05) is 18.0 Å². The number of aryl methyl sites for hydroxylation is 2. The molecule has 0 spiro atoms. The Bertz CT molecular complexity index is 538. The van der Waals surface area contributed by atoms with Gasteiger partial charge in [0.05, 0.1) is 0 Å². The number of carboxylic acids is 3. The number of aliphatic carboxylic acids is 3. The van der Waals surface area contributed by atoms with Crippen molar-refractivity contribution in [3.8, 4) is 0 Å². The number of carboxylic acid groups (broad SMARTS) is 3. The summed E-state index contributed by atoms with van der Waals surface area (Å²) in [5, 5.41) is 26.5. The summed E-state index contributed by atoms with van der Waals surface area (Å²) in [6.45, 7) is 0.900. The number of benzene rings is 1. The van der Waals surface area contributed by atoms with Crippen LogP contribution in [0.3, 0.4) is 0 Å². The van der Waals surface area contributed by atoms with Crippen LogP contribution in [0.1, 0.15) is 17.5 Å². The van der Waals surface area contributed by atoms with Gasteiger partial charge < -0.3 is 20.2 Å². The SMILES string of the molecule is Cc1ccc(N(CC(=O)O)CC(=O)O)c(CCC(=O)O)c1. The van der Waals surface area contributed by atoms with Gasteiger partial charge in [-0.2, -0.15) is 0 Å². The highest BCUT2D eigenvalue weighted by Gasteiger charge is 2.17. The van der Waals surface area contributed by atoms with Crippen LogP contribution in [0, 0.1) is 6.92 Å². The average molecular weight is 295 g/mol. The molecule has 7 nitrogen and oxygen atoms in total. The largest absolute Gasteiger partial charge is 0.481 e. The first-order valence-electron chi connectivity index (χ1n) is 6.29. The van der Waals surface area contributed by atoms with Crippen molar-refractivity contribution in [1.82, 2.24) is 0 Å². The third kappa shape index (κ3) is 5.52. The second-order valence-corrected chi connectivity index (χ2v) is 4.67. The average Bonchev–Trinajstić information content (AvgIpc) is 2.34. The molecule has 0 aliphatic carbocycles. The quantitative estimate of drug-likeness (QED) is 0.655.